The summed E-state index contributed by atoms with van der Waals surface area (Å²) in [5, 5.41) is 3.20. The highest BCUT2D eigenvalue weighted by molar-refractivity contribution is 5.94. The third-order valence-electron chi connectivity index (χ3n) is 5.40. The molecule has 0 radical (unpaired) electrons. The van der Waals surface area contributed by atoms with Crippen molar-refractivity contribution in [3.63, 3.8) is 0 Å². The number of benzene rings is 1. The summed E-state index contributed by atoms with van der Waals surface area (Å²) in [6, 6.07) is 9.76. The Kier molecular flexibility index (Phi) is 4.15. The van der Waals surface area contributed by atoms with Crippen molar-refractivity contribution in [2.24, 2.45) is 5.41 Å². The van der Waals surface area contributed by atoms with Crippen LogP contribution in [0.2, 0.25) is 0 Å². The fourth-order valence-electron chi connectivity index (χ4n) is 3.54. The van der Waals surface area contributed by atoms with E-state index in [9.17, 15) is 4.79 Å². The second-order valence-corrected chi connectivity index (χ2v) is 7.00. The van der Waals surface area contributed by atoms with Gasteiger partial charge in [0.1, 0.15) is 6.26 Å². The van der Waals surface area contributed by atoms with Crippen molar-refractivity contribution < 1.29 is 9.21 Å². The lowest BCUT2D eigenvalue weighted by atomic mass is 10.0. The second kappa shape index (κ2) is 6.48. The first kappa shape index (κ1) is 16.6. The highest BCUT2D eigenvalue weighted by Gasteiger charge is 2.52. The van der Waals surface area contributed by atoms with E-state index in [1.165, 1.54) is 0 Å². The molecule has 5 nitrogen and oxygen atoms in total. The molecule has 1 aromatic carbocycles. The number of carbonyl (C=O) groups is 1. The van der Waals surface area contributed by atoms with Gasteiger partial charge in [0.25, 0.3) is 5.91 Å². The predicted octanol–water partition coefficient (Wildman–Crippen LogP) is 3.86. The molecule has 1 aliphatic heterocycles. The average Bonchev–Trinajstić information content (AvgIpc) is 3.19. The standard InChI is InChI=1S/C21H23N3O2/c1-3-18(20(25)24-12-11-21(9-10-21)15(24)2)22-13-17-14-26-19(23-17)16-7-5-4-6-8-16/h3-8,14,22H,2,9-13H2,1H3/b18-3+. The van der Waals surface area contributed by atoms with Gasteiger partial charge in [0.15, 0.2) is 0 Å². The molecule has 134 valence electrons. The lowest BCUT2D eigenvalue weighted by Gasteiger charge is -2.21. The van der Waals surface area contributed by atoms with Crippen LogP contribution in [-0.4, -0.2) is 22.3 Å². The van der Waals surface area contributed by atoms with E-state index >= 15 is 0 Å². The Hall–Kier alpha value is -2.82. The number of amides is 1. The Morgan fingerprint density at radius 2 is 2.12 bits per heavy atom. The molecule has 5 heteroatoms. The number of oxazole rings is 1. The van der Waals surface area contributed by atoms with E-state index in [1.807, 2.05) is 48.2 Å². The van der Waals surface area contributed by atoms with E-state index in [2.05, 4.69) is 16.9 Å². The highest BCUT2D eigenvalue weighted by atomic mass is 16.3. The highest BCUT2D eigenvalue weighted by Crippen LogP contribution is 2.58. The Morgan fingerprint density at radius 1 is 1.35 bits per heavy atom. The van der Waals surface area contributed by atoms with Gasteiger partial charge < -0.3 is 14.6 Å². The van der Waals surface area contributed by atoms with Crippen LogP contribution in [-0.2, 0) is 11.3 Å². The first-order valence-corrected chi connectivity index (χ1v) is 9.04. The van der Waals surface area contributed by atoms with Crippen LogP contribution in [0.25, 0.3) is 11.5 Å². The summed E-state index contributed by atoms with van der Waals surface area (Å²) < 4.78 is 5.55. The Bertz CT molecular complexity index is 862. The Labute approximate surface area is 153 Å². The summed E-state index contributed by atoms with van der Waals surface area (Å²) in [7, 11) is 0. The number of allylic oxidation sites excluding steroid dienone is 2. The molecule has 1 aliphatic carbocycles. The maximum Gasteiger partial charge on any atom is 0.273 e. The number of hydrogen-bond donors (Lipinski definition) is 1. The average molecular weight is 349 g/mol. The fraction of sp³-hybridized carbons (Fsp3) is 0.333. The molecule has 2 aromatic rings. The number of carbonyl (C=O) groups excluding carboxylic acids is 1. The molecule has 2 heterocycles. The van der Waals surface area contributed by atoms with Gasteiger partial charge in [0.05, 0.1) is 17.9 Å². The Balaban J connectivity index is 1.40. The van der Waals surface area contributed by atoms with Gasteiger partial charge in [0, 0.05) is 23.2 Å². The van der Waals surface area contributed by atoms with Gasteiger partial charge in [-0.15, -0.1) is 0 Å². The zero-order chi connectivity index (χ0) is 18.1. The second-order valence-electron chi connectivity index (χ2n) is 7.00. The molecule has 1 amide bonds. The monoisotopic (exact) mass is 349 g/mol. The van der Waals surface area contributed by atoms with Gasteiger partial charge >= 0.3 is 0 Å². The van der Waals surface area contributed by atoms with E-state index < -0.39 is 0 Å². The van der Waals surface area contributed by atoms with Crippen molar-refractivity contribution in [2.75, 3.05) is 6.54 Å². The number of nitrogens with one attached hydrogen (secondary N) is 1. The van der Waals surface area contributed by atoms with E-state index in [4.69, 9.17) is 4.42 Å². The van der Waals surface area contributed by atoms with Crippen LogP contribution in [0.5, 0.6) is 0 Å². The van der Waals surface area contributed by atoms with E-state index in [1.54, 1.807) is 6.26 Å². The molecule has 1 N–H and O–H groups in total. The molecule has 1 spiro atoms. The summed E-state index contributed by atoms with van der Waals surface area (Å²) >= 11 is 0. The molecule has 2 aliphatic rings. The Morgan fingerprint density at radius 3 is 2.77 bits per heavy atom. The smallest absolute Gasteiger partial charge is 0.273 e. The van der Waals surface area contributed by atoms with Crippen molar-refractivity contribution >= 4 is 5.91 Å². The van der Waals surface area contributed by atoms with Gasteiger partial charge in [-0.2, -0.15) is 0 Å². The third kappa shape index (κ3) is 2.94. The summed E-state index contributed by atoms with van der Waals surface area (Å²) in [6.45, 7) is 7.23. The van der Waals surface area contributed by atoms with Crippen molar-refractivity contribution in [2.45, 2.75) is 32.7 Å². The largest absolute Gasteiger partial charge is 0.444 e. The van der Waals surface area contributed by atoms with E-state index in [-0.39, 0.29) is 11.3 Å². The van der Waals surface area contributed by atoms with Gasteiger partial charge in [-0.25, -0.2) is 4.98 Å². The normalized spacial score (nSPS) is 18.4. The molecule has 26 heavy (non-hydrogen) atoms. The molecule has 1 saturated heterocycles. The molecule has 0 bridgehead atoms. The van der Waals surface area contributed by atoms with Crippen LogP contribution in [0.15, 0.2) is 65.1 Å². The summed E-state index contributed by atoms with van der Waals surface area (Å²) in [6.07, 6.45) is 6.80. The van der Waals surface area contributed by atoms with Crippen molar-refractivity contribution in [1.82, 2.24) is 15.2 Å². The zero-order valence-corrected chi connectivity index (χ0v) is 15.0. The predicted molar refractivity (Wildman–Crippen MR) is 99.7 cm³/mol. The molecule has 2 fully saturated rings. The number of rotatable bonds is 5. The number of likely N-dealkylation sites (tertiary alicyclic amines) is 1. The maximum atomic E-state index is 12.8. The van der Waals surface area contributed by atoms with Gasteiger partial charge in [-0.1, -0.05) is 30.9 Å². The van der Waals surface area contributed by atoms with Crippen LogP contribution in [0, 0.1) is 5.41 Å². The van der Waals surface area contributed by atoms with Crippen LogP contribution in [0.4, 0.5) is 0 Å². The minimum atomic E-state index is -0.00643. The maximum absolute atomic E-state index is 12.8. The van der Waals surface area contributed by atoms with E-state index in [0.29, 0.717) is 18.1 Å². The molecule has 1 aromatic heterocycles. The summed E-state index contributed by atoms with van der Waals surface area (Å²) in [5.74, 6) is 0.576. The molecule has 1 saturated carbocycles. The summed E-state index contributed by atoms with van der Waals surface area (Å²) in [5.41, 5.74) is 3.47. The number of nitrogens with zero attached hydrogens (tertiary/aromatic N) is 2. The van der Waals surface area contributed by atoms with Gasteiger partial charge in [-0.05, 0) is 38.3 Å². The van der Waals surface area contributed by atoms with Crippen molar-refractivity contribution in [1.29, 1.82) is 0 Å². The quantitative estimate of drug-likeness (QED) is 0.833. The first-order chi connectivity index (χ1) is 12.6. The lowest BCUT2D eigenvalue weighted by molar-refractivity contribution is -0.125. The van der Waals surface area contributed by atoms with Crippen LogP contribution >= 0.6 is 0 Å². The van der Waals surface area contributed by atoms with Crippen molar-refractivity contribution in [3.8, 4) is 11.5 Å². The minimum Gasteiger partial charge on any atom is -0.444 e. The lowest BCUT2D eigenvalue weighted by Crippen LogP contribution is -2.33. The zero-order valence-electron chi connectivity index (χ0n) is 15.0. The molecule has 0 unspecified atom stereocenters. The minimum absolute atomic E-state index is 0.00643. The van der Waals surface area contributed by atoms with Crippen LogP contribution < -0.4 is 5.32 Å². The molecule has 0 atom stereocenters. The van der Waals surface area contributed by atoms with Crippen molar-refractivity contribution in [3.05, 3.63) is 66.3 Å². The molecule has 4 rings (SSSR count). The van der Waals surface area contributed by atoms with E-state index in [0.717, 1.165) is 42.8 Å². The first-order valence-electron chi connectivity index (χ1n) is 9.04. The van der Waals surface area contributed by atoms with Gasteiger partial charge in [-0.3, -0.25) is 4.79 Å². The summed E-state index contributed by atoms with van der Waals surface area (Å²) in [4.78, 5) is 19.2. The molecular formula is C21H23N3O2. The van der Waals surface area contributed by atoms with Crippen LogP contribution in [0.3, 0.4) is 0 Å². The fourth-order valence-corrected chi connectivity index (χ4v) is 3.54. The SMILES string of the molecule is C=C1N(C(=O)/C(=C\C)NCc2coc(-c3ccccc3)n2)CCC12CC2. The number of hydrogen-bond acceptors (Lipinski definition) is 4. The van der Waals surface area contributed by atoms with Gasteiger partial charge in [0.2, 0.25) is 5.89 Å². The third-order valence-corrected chi connectivity index (χ3v) is 5.40. The number of aromatic nitrogens is 1. The molecular weight excluding hydrogens is 326 g/mol. The topological polar surface area (TPSA) is 58.4 Å². The van der Waals surface area contributed by atoms with Crippen LogP contribution in [0.1, 0.15) is 31.9 Å².